The maximum Gasteiger partial charge on any atom is 0.121 e. The third-order valence-electron chi connectivity index (χ3n) is 2.12. The van der Waals surface area contributed by atoms with Gasteiger partial charge in [0.25, 0.3) is 0 Å². The molecule has 0 bridgehead atoms. The summed E-state index contributed by atoms with van der Waals surface area (Å²) in [6.45, 7) is -0.375. The SMILES string of the molecule is O=CCCNC[C@H](O)[C@@H](O)[C@H](O)[C@H](O)CO. The fourth-order valence-electron chi connectivity index (χ4n) is 1.09. The Morgan fingerprint density at radius 1 is 1.06 bits per heavy atom. The first-order valence-corrected chi connectivity index (χ1v) is 5.02. The highest BCUT2D eigenvalue weighted by Crippen LogP contribution is 2.04. The van der Waals surface area contributed by atoms with E-state index in [1.54, 1.807) is 0 Å². The van der Waals surface area contributed by atoms with Crippen molar-refractivity contribution in [3.8, 4) is 0 Å². The molecule has 0 aromatic heterocycles. The van der Waals surface area contributed by atoms with E-state index in [-0.39, 0.29) is 13.0 Å². The van der Waals surface area contributed by atoms with Crippen molar-refractivity contribution in [3.63, 3.8) is 0 Å². The van der Waals surface area contributed by atoms with Gasteiger partial charge in [-0.2, -0.15) is 0 Å². The molecule has 0 heterocycles. The van der Waals surface area contributed by atoms with Crippen molar-refractivity contribution < 1.29 is 30.3 Å². The molecular formula is C9H19NO6. The van der Waals surface area contributed by atoms with E-state index in [2.05, 4.69) is 5.32 Å². The maximum atomic E-state index is 9.97. The summed E-state index contributed by atoms with van der Waals surface area (Å²) < 4.78 is 0. The van der Waals surface area contributed by atoms with Crippen LogP contribution in [0.2, 0.25) is 0 Å². The Morgan fingerprint density at radius 3 is 2.12 bits per heavy atom. The lowest BCUT2D eigenvalue weighted by Gasteiger charge is -2.25. The normalized spacial score (nSPS) is 18.8. The highest BCUT2D eigenvalue weighted by atomic mass is 16.4. The van der Waals surface area contributed by atoms with Crippen LogP contribution in [0.15, 0.2) is 0 Å². The van der Waals surface area contributed by atoms with Gasteiger partial charge in [0.2, 0.25) is 0 Å². The fraction of sp³-hybridized carbons (Fsp3) is 0.889. The van der Waals surface area contributed by atoms with Crippen molar-refractivity contribution in [1.29, 1.82) is 0 Å². The highest BCUT2D eigenvalue weighted by Gasteiger charge is 2.29. The topological polar surface area (TPSA) is 130 Å². The zero-order valence-corrected chi connectivity index (χ0v) is 8.86. The predicted octanol–water partition coefficient (Wildman–Crippen LogP) is -3.40. The van der Waals surface area contributed by atoms with Gasteiger partial charge in [-0.25, -0.2) is 0 Å². The van der Waals surface area contributed by atoms with Gasteiger partial charge in [-0.1, -0.05) is 0 Å². The molecule has 0 aromatic rings. The fourth-order valence-corrected chi connectivity index (χ4v) is 1.09. The zero-order valence-electron chi connectivity index (χ0n) is 8.86. The summed E-state index contributed by atoms with van der Waals surface area (Å²) in [5, 5.41) is 48.2. The van der Waals surface area contributed by atoms with E-state index >= 15 is 0 Å². The van der Waals surface area contributed by atoms with Gasteiger partial charge in [-0.3, -0.25) is 0 Å². The molecule has 0 amide bonds. The van der Waals surface area contributed by atoms with Crippen molar-refractivity contribution >= 4 is 6.29 Å². The van der Waals surface area contributed by atoms with E-state index in [1.807, 2.05) is 0 Å². The molecule has 0 spiro atoms. The third kappa shape index (κ3) is 5.50. The van der Waals surface area contributed by atoms with Crippen molar-refractivity contribution in [2.45, 2.75) is 30.8 Å². The average Bonchev–Trinajstić information content (AvgIpc) is 2.31. The van der Waals surface area contributed by atoms with Crippen molar-refractivity contribution in [3.05, 3.63) is 0 Å². The molecule has 0 aromatic carbocycles. The molecule has 0 radical (unpaired) electrons. The van der Waals surface area contributed by atoms with Crippen molar-refractivity contribution in [2.75, 3.05) is 19.7 Å². The summed E-state index contributed by atoms with van der Waals surface area (Å²) in [5.41, 5.74) is 0. The smallest absolute Gasteiger partial charge is 0.121 e. The number of carbonyl (C=O) groups is 1. The summed E-state index contributed by atoms with van der Waals surface area (Å²) in [4.78, 5) is 9.97. The van der Waals surface area contributed by atoms with Gasteiger partial charge in [-0.05, 0) is 0 Å². The molecule has 0 unspecified atom stereocenters. The van der Waals surface area contributed by atoms with Gasteiger partial charge in [0.15, 0.2) is 0 Å². The lowest BCUT2D eigenvalue weighted by Crippen LogP contribution is -2.49. The van der Waals surface area contributed by atoms with E-state index in [4.69, 9.17) is 10.2 Å². The van der Waals surface area contributed by atoms with Gasteiger partial charge < -0.3 is 35.6 Å². The van der Waals surface area contributed by atoms with Gasteiger partial charge in [0, 0.05) is 19.5 Å². The number of aliphatic hydroxyl groups is 5. The summed E-state index contributed by atoms with van der Waals surface area (Å²) in [6.07, 6.45) is -4.98. The predicted molar refractivity (Wildman–Crippen MR) is 54.7 cm³/mol. The minimum Gasteiger partial charge on any atom is -0.394 e. The summed E-state index contributed by atoms with van der Waals surface area (Å²) in [5.74, 6) is 0. The number of nitrogens with one attached hydrogen (secondary N) is 1. The first kappa shape index (κ1) is 15.4. The second kappa shape index (κ2) is 8.57. The van der Waals surface area contributed by atoms with Crippen LogP contribution in [0, 0.1) is 0 Å². The Balaban J connectivity index is 3.87. The monoisotopic (exact) mass is 237 g/mol. The summed E-state index contributed by atoms with van der Waals surface area (Å²) in [7, 11) is 0. The average molecular weight is 237 g/mol. The summed E-state index contributed by atoms with van der Waals surface area (Å²) >= 11 is 0. The van der Waals surface area contributed by atoms with E-state index in [1.165, 1.54) is 0 Å². The Bertz CT molecular complexity index is 191. The van der Waals surface area contributed by atoms with Crippen LogP contribution >= 0.6 is 0 Å². The number of rotatable bonds is 9. The molecule has 0 saturated carbocycles. The molecule has 0 rings (SSSR count). The van der Waals surface area contributed by atoms with Crippen LogP contribution < -0.4 is 5.32 Å². The summed E-state index contributed by atoms with van der Waals surface area (Å²) in [6, 6.07) is 0. The van der Waals surface area contributed by atoms with Crippen LogP contribution in [0.25, 0.3) is 0 Å². The van der Waals surface area contributed by atoms with Gasteiger partial charge >= 0.3 is 0 Å². The quantitative estimate of drug-likeness (QED) is 0.182. The lowest BCUT2D eigenvalue weighted by molar-refractivity contribution is -0.114. The van der Waals surface area contributed by atoms with E-state index in [0.717, 1.165) is 0 Å². The molecule has 0 aliphatic carbocycles. The Labute approximate surface area is 93.3 Å². The van der Waals surface area contributed by atoms with Crippen molar-refractivity contribution in [2.24, 2.45) is 0 Å². The first-order valence-electron chi connectivity index (χ1n) is 5.02. The van der Waals surface area contributed by atoms with E-state index in [0.29, 0.717) is 12.8 Å². The first-order chi connectivity index (χ1) is 7.54. The molecule has 0 aliphatic rings. The molecule has 0 aliphatic heterocycles. The number of aldehydes is 1. The van der Waals surface area contributed by atoms with Crippen LogP contribution in [0.1, 0.15) is 6.42 Å². The molecule has 7 heteroatoms. The van der Waals surface area contributed by atoms with Gasteiger partial charge in [0.05, 0.1) is 12.7 Å². The standard InChI is InChI=1S/C9H19NO6/c11-3-1-2-10-4-6(13)8(15)9(16)7(14)5-12/h3,6-10,12-16H,1-2,4-5H2/t6-,7+,8+,9+/m0/s1. The number of hydrogen-bond acceptors (Lipinski definition) is 7. The third-order valence-corrected chi connectivity index (χ3v) is 2.12. The maximum absolute atomic E-state index is 9.97. The van der Waals surface area contributed by atoms with E-state index < -0.39 is 31.0 Å². The second-order valence-electron chi connectivity index (χ2n) is 3.46. The van der Waals surface area contributed by atoms with Gasteiger partial charge in [-0.15, -0.1) is 0 Å². The zero-order chi connectivity index (χ0) is 12.6. The molecule has 0 fully saturated rings. The van der Waals surface area contributed by atoms with E-state index in [9.17, 15) is 20.1 Å². The molecule has 16 heavy (non-hydrogen) atoms. The lowest BCUT2D eigenvalue weighted by atomic mass is 10.0. The number of aliphatic hydroxyl groups excluding tert-OH is 5. The largest absolute Gasteiger partial charge is 0.394 e. The Kier molecular flexibility index (Phi) is 8.26. The Morgan fingerprint density at radius 2 is 1.62 bits per heavy atom. The van der Waals surface area contributed by atoms with Gasteiger partial charge in [0.1, 0.15) is 24.6 Å². The minimum absolute atomic E-state index is 0.0236. The van der Waals surface area contributed by atoms with Crippen LogP contribution in [0.3, 0.4) is 0 Å². The second-order valence-corrected chi connectivity index (χ2v) is 3.46. The molecule has 0 saturated heterocycles. The van der Waals surface area contributed by atoms with Crippen molar-refractivity contribution in [1.82, 2.24) is 5.32 Å². The molecule has 7 nitrogen and oxygen atoms in total. The Hall–Kier alpha value is -0.570. The molecule has 4 atom stereocenters. The number of carbonyl (C=O) groups excluding carboxylic acids is 1. The highest BCUT2D eigenvalue weighted by molar-refractivity contribution is 5.49. The van der Waals surface area contributed by atoms with Crippen LogP contribution in [-0.2, 0) is 4.79 Å². The van der Waals surface area contributed by atoms with Crippen LogP contribution in [0.4, 0.5) is 0 Å². The number of hydrogen-bond donors (Lipinski definition) is 6. The minimum atomic E-state index is -1.62. The van der Waals surface area contributed by atoms with Crippen LogP contribution in [0.5, 0.6) is 0 Å². The van der Waals surface area contributed by atoms with Crippen LogP contribution in [-0.4, -0.2) is 75.9 Å². The molecule has 6 N–H and O–H groups in total. The molecule has 96 valence electrons. The molecular weight excluding hydrogens is 218 g/mol.